The van der Waals surface area contributed by atoms with Crippen molar-refractivity contribution in [1.29, 1.82) is 0 Å². The van der Waals surface area contributed by atoms with Crippen LogP contribution in [0.25, 0.3) is 22.5 Å². The summed E-state index contributed by atoms with van der Waals surface area (Å²) < 4.78 is 0. The molecule has 9 nitrogen and oxygen atoms in total. The minimum atomic E-state index is -0.307. The molecule has 2 aliphatic heterocycles. The van der Waals surface area contributed by atoms with Gasteiger partial charge in [-0.2, -0.15) is 4.99 Å². The van der Waals surface area contributed by atoms with Gasteiger partial charge in [0.05, 0.1) is 22.2 Å². The highest BCUT2D eigenvalue weighted by molar-refractivity contribution is 7.78. The van der Waals surface area contributed by atoms with Crippen LogP contribution in [0.15, 0.2) is 138 Å². The molecule has 0 aliphatic carbocycles. The lowest BCUT2D eigenvalue weighted by Crippen LogP contribution is -2.19. The first-order chi connectivity index (χ1) is 27.3. The normalized spacial score (nSPS) is 13.0. The molecule has 2 saturated heterocycles. The molecule has 284 valence electrons. The number of urea groups is 1. The number of rotatable bonds is 7. The molecule has 0 saturated carbocycles. The van der Waals surface area contributed by atoms with Crippen molar-refractivity contribution < 1.29 is 4.79 Å². The molecule has 0 unspecified atom stereocenters. The molecule has 4 N–H and O–H groups in total. The predicted molar refractivity (Wildman–Crippen MR) is 237 cm³/mol. The summed E-state index contributed by atoms with van der Waals surface area (Å²) in [5.41, 5.74) is 12.7. The number of nitrogens with two attached hydrogens (primary N) is 1. The van der Waals surface area contributed by atoms with Crippen molar-refractivity contribution in [3.63, 3.8) is 0 Å². The van der Waals surface area contributed by atoms with Gasteiger partial charge in [0.2, 0.25) is 0 Å². The van der Waals surface area contributed by atoms with Gasteiger partial charge >= 0.3 is 6.03 Å². The number of isothiocyanates is 1. The molecule has 2 amide bonds. The largest absolute Gasteiger partial charge is 0.399 e. The van der Waals surface area contributed by atoms with Crippen LogP contribution in [0.2, 0.25) is 10.0 Å². The molecule has 2 aliphatic rings. The van der Waals surface area contributed by atoms with Crippen molar-refractivity contribution in [3.05, 3.63) is 144 Å². The Bertz CT molecular complexity index is 2250. The number of aromatic nitrogens is 2. The molecule has 0 bridgehead atoms. The lowest BCUT2D eigenvalue weighted by atomic mass is 10.1. The van der Waals surface area contributed by atoms with Gasteiger partial charge < -0.3 is 26.2 Å². The highest BCUT2D eigenvalue weighted by Crippen LogP contribution is 2.26. The zero-order valence-corrected chi connectivity index (χ0v) is 33.1. The average molecular weight is 802 g/mol. The molecule has 4 heterocycles. The molecule has 2 aromatic heterocycles. The molecule has 0 spiro atoms. The van der Waals surface area contributed by atoms with E-state index in [0.29, 0.717) is 21.4 Å². The van der Waals surface area contributed by atoms with Crippen molar-refractivity contribution in [3.8, 4) is 22.5 Å². The maximum atomic E-state index is 12.3. The van der Waals surface area contributed by atoms with Crippen LogP contribution in [0.4, 0.5) is 39.2 Å². The number of nitrogens with one attached hydrogen (secondary N) is 2. The van der Waals surface area contributed by atoms with E-state index in [2.05, 4.69) is 61.0 Å². The van der Waals surface area contributed by atoms with Gasteiger partial charge in [-0.3, -0.25) is 0 Å². The Kier molecular flexibility index (Phi) is 14.4. The van der Waals surface area contributed by atoms with Crippen LogP contribution < -0.4 is 26.2 Å². The molecular formula is C44H42Cl2N8OS. The fraction of sp³-hybridized carbons (Fsp3) is 0.182. The Morgan fingerprint density at radius 2 is 1.11 bits per heavy atom. The van der Waals surface area contributed by atoms with Gasteiger partial charge in [0.25, 0.3) is 0 Å². The molecule has 0 atom stereocenters. The van der Waals surface area contributed by atoms with Crippen LogP contribution in [0.1, 0.15) is 25.7 Å². The molecule has 8 rings (SSSR count). The first-order valence-electron chi connectivity index (χ1n) is 18.4. The molecule has 2 fully saturated rings. The number of benzene rings is 4. The first-order valence-corrected chi connectivity index (χ1v) is 19.6. The highest BCUT2D eigenvalue weighted by atomic mass is 35.5. The summed E-state index contributed by atoms with van der Waals surface area (Å²) in [6.07, 6.45) is 4.97. The third-order valence-electron chi connectivity index (χ3n) is 9.03. The van der Waals surface area contributed by atoms with E-state index in [1.54, 1.807) is 48.5 Å². The minimum absolute atomic E-state index is 0.307. The molecule has 56 heavy (non-hydrogen) atoms. The lowest BCUT2D eigenvalue weighted by molar-refractivity contribution is 0.262. The number of hydrogen-bond acceptors (Lipinski definition) is 8. The molecule has 0 radical (unpaired) electrons. The molecule has 4 aromatic carbocycles. The van der Waals surface area contributed by atoms with Crippen molar-refractivity contribution >= 4 is 81.0 Å². The number of anilines is 5. The first kappa shape index (κ1) is 39.9. The fourth-order valence-corrected chi connectivity index (χ4v) is 6.62. The molecule has 6 aromatic rings. The average Bonchev–Trinajstić information content (AvgIpc) is 3.97. The number of aliphatic imine (C=N–C) groups is 1. The summed E-state index contributed by atoms with van der Waals surface area (Å²) in [5.74, 6) is 2.08. The van der Waals surface area contributed by atoms with Crippen LogP contribution in [0, 0.1) is 0 Å². The topological polar surface area (TPSA) is 112 Å². The number of hydrogen-bond donors (Lipinski definition) is 3. The smallest absolute Gasteiger partial charge is 0.323 e. The van der Waals surface area contributed by atoms with Gasteiger partial charge in [0, 0.05) is 64.4 Å². The van der Waals surface area contributed by atoms with Crippen LogP contribution in [0.5, 0.6) is 0 Å². The quantitative estimate of drug-likeness (QED) is 0.0837. The van der Waals surface area contributed by atoms with Gasteiger partial charge in [-0.05, 0) is 135 Å². The Balaban J connectivity index is 0.000000161. The van der Waals surface area contributed by atoms with E-state index in [0.717, 1.165) is 71.7 Å². The van der Waals surface area contributed by atoms with E-state index >= 15 is 0 Å². The third kappa shape index (κ3) is 11.9. The van der Waals surface area contributed by atoms with Crippen LogP contribution in [-0.2, 0) is 0 Å². The van der Waals surface area contributed by atoms with Crippen molar-refractivity contribution in [2.24, 2.45) is 4.99 Å². The maximum Gasteiger partial charge on any atom is 0.323 e. The Hall–Kier alpha value is -5.77. The Labute approximate surface area is 343 Å². The predicted octanol–water partition coefficient (Wildman–Crippen LogP) is 11.7. The number of carbonyl (C=O) groups excluding carboxylic acids is 1. The zero-order valence-electron chi connectivity index (χ0n) is 30.7. The summed E-state index contributed by atoms with van der Waals surface area (Å²) in [7, 11) is 0. The van der Waals surface area contributed by atoms with Gasteiger partial charge in [-0.1, -0.05) is 59.6 Å². The zero-order chi connectivity index (χ0) is 39.1. The summed E-state index contributed by atoms with van der Waals surface area (Å²) in [5, 5.41) is 9.25. The van der Waals surface area contributed by atoms with E-state index in [1.165, 1.54) is 25.7 Å². The SMILES string of the molecule is Nc1cccc(-c2cccc(N3CCCC3)n2)c1.O=C(Nc1ccc(Cl)cc1)Nc1cccc(-c2cccc(N3CCCC3)n2)c1.S=C=Nc1ccc(Cl)cc1. The third-order valence-corrected chi connectivity index (χ3v) is 9.63. The van der Waals surface area contributed by atoms with Crippen molar-refractivity contribution in [2.45, 2.75) is 25.7 Å². The Morgan fingerprint density at radius 1 is 0.625 bits per heavy atom. The van der Waals surface area contributed by atoms with E-state index in [1.807, 2.05) is 66.7 Å². The summed E-state index contributed by atoms with van der Waals surface area (Å²) in [4.78, 5) is 30.2. The van der Waals surface area contributed by atoms with E-state index < -0.39 is 0 Å². The number of amides is 2. The van der Waals surface area contributed by atoms with Gasteiger partial charge in [-0.25, -0.2) is 14.8 Å². The number of nitrogens with zero attached hydrogens (tertiary/aromatic N) is 5. The summed E-state index contributed by atoms with van der Waals surface area (Å²) in [6.45, 7) is 4.35. The number of halogens is 2. The van der Waals surface area contributed by atoms with Crippen molar-refractivity contribution in [1.82, 2.24) is 9.97 Å². The van der Waals surface area contributed by atoms with Gasteiger partial charge in [0.15, 0.2) is 0 Å². The molecular weight excluding hydrogens is 760 g/mol. The lowest BCUT2D eigenvalue weighted by Gasteiger charge is -2.17. The highest BCUT2D eigenvalue weighted by Gasteiger charge is 2.15. The molecule has 12 heteroatoms. The number of nitrogen functional groups attached to an aromatic ring is 1. The summed E-state index contributed by atoms with van der Waals surface area (Å²) >= 11 is 15.9. The maximum absolute atomic E-state index is 12.3. The van der Waals surface area contributed by atoms with Gasteiger partial charge in [-0.15, -0.1) is 0 Å². The van der Waals surface area contributed by atoms with E-state index in [-0.39, 0.29) is 6.03 Å². The van der Waals surface area contributed by atoms with E-state index in [4.69, 9.17) is 38.9 Å². The van der Waals surface area contributed by atoms with E-state index in [9.17, 15) is 4.79 Å². The summed E-state index contributed by atoms with van der Waals surface area (Å²) in [6, 6.07) is 41.6. The van der Waals surface area contributed by atoms with Crippen LogP contribution in [0.3, 0.4) is 0 Å². The van der Waals surface area contributed by atoms with Crippen molar-refractivity contribution in [2.75, 3.05) is 52.3 Å². The number of pyridine rings is 2. The second-order valence-corrected chi connectivity index (χ2v) is 14.2. The monoisotopic (exact) mass is 800 g/mol. The second kappa shape index (κ2) is 20.2. The van der Waals surface area contributed by atoms with Crippen LogP contribution >= 0.6 is 35.4 Å². The second-order valence-electron chi connectivity index (χ2n) is 13.1. The minimum Gasteiger partial charge on any atom is -0.399 e. The standard InChI is InChI=1S/C22H21ClN4O.C15H17N3.C7H4ClNS/c23-17-9-11-18(12-10-17)24-22(28)25-19-6-3-5-16(15-19)20-7-4-8-21(26-20)27-13-1-2-14-27;16-13-6-3-5-12(11-13)14-7-4-8-15(17-14)18-9-1-2-10-18;8-6-1-3-7(4-2-6)9-5-10/h3-12,15H,1-2,13-14H2,(H2,24,25,28);3-8,11H,1-2,9-10,16H2;1-4H. The fourth-order valence-electron chi connectivity index (χ4n) is 6.26. The number of thiocarbonyl (C=S) groups is 1. The number of carbonyl (C=O) groups is 1. The van der Waals surface area contributed by atoms with Crippen LogP contribution in [-0.4, -0.2) is 47.3 Å². The Morgan fingerprint density at radius 3 is 1.64 bits per heavy atom. The van der Waals surface area contributed by atoms with Gasteiger partial charge in [0.1, 0.15) is 11.6 Å².